The second-order valence-corrected chi connectivity index (χ2v) is 6.58. The number of fused-ring (bicyclic) bond motifs is 3. The minimum absolute atomic E-state index is 0.123. The fourth-order valence-corrected chi connectivity index (χ4v) is 3.60. The number of aromatic nitrogens is 1. The topological polar surface area (TPSA) is 31.2 Å². The molecule has 3 aromatic carbocycles. The second kappa shape index (κ2) is 7.31. The molecule has 0 aliphatic heterocycles. The quantitative estimate of drug-likeness (QED) is 0.324. The number of para-hydroxylation sites is 1. The Morgan fingerprint density at radius 2 is 1.82 bits per heavy atom. The van der Waals surface area contributed by atoms with E-state index in [9.17, 15) is 9.18 Å². The van der Waals surface area contributed by atoms with E-state index in [1.165, 1.54) is 41.7 Å². The zero-order valence-electron chi connectivity index (χ0n) is 15.8. The van der Waals surface area contributed by atoms with Crippen LogP contribution < -0.4 is 4.74 Å². The normalized spacial score (nSPS) is 11.5. The molecule has 0 spiro atoms. The Bertz CT molecular complexity index is 1220. The summed E-state index contributed by atoms with van der Waals surface area (Å²) in [4.78, 5) is 12.4. The van der Waals surface area contributed by atoms with Crippen molar-refractivity contribution in [3.8, 4) is 5.75 Å². The first-order valence-electron chi connectivity index (χ1n) is 9.19. The van der Waals surface area contributed by atoms with E-state index >= 15 is 0 Å². The average molecular weight is 373 g/mol. The highest BCUT2D eigenvalue weighted by Gasteiger charge is 2.10. The van der Waals surface area contributed by atoms with E-state index in [4.69, 9.17) is 4.74 Å². The summed E-state index contributed by atoms with van der Waals surface area (Å²) in [7, 11) is 1.39. The number of rotatable bonds is 5. The molecule has 0 bridgehead atoms. The molecule has 3 nitrogen and oxygen atoms in total. The van der Waals surface area contributed by atoms with E-state index in [1.807, 2.05) is 18.2 Å². The minimum atomic E-state index is -0.546. The Balaban J connectivity index is 1.69. The first-order chi connectivity index (χ1) is 13.6. The van der Waals surface area contributed by atoms with Gasteiger partial charge in [-0.05, 0) is 55.0 Å². The number of benzene rings is 3. The molecule has 0 saturated carbocycles. The van der Waals surface area contributed by atoms with Gasteiger partial charge in [0.05, 0.1) is 7.11 Å². The lowest BCUT2D eigenvalue weighted by atomic mass is 10.1. The summed E-state index contributed by atoms with van der Waals surface area (Å²) in [5.41, 5.74) is 3.59. The van der Waals surface area contributed by atoms with Crippen LogP contribution in [0.5, 0.6) is 5.75 Å². The Hall–Kier alpha value is -3.40. The number of methoxy groups -OCH3 is 1. The summed E-state index contributed by atoms with van der Waals surface area (Å²) >= 11 is 0. The van der Waals surface area contributed by atoms with Gasteiger partial charge in [0.15, 0.2) is 17.3 Å². The van der Waals surface area contributed by atoms with E-state index in [0.29, 0.717) is 5.56 Å². The van der Waals surface area contributed by atoms with Crippen molar-refractivity contribution in [2.45, 2.75) is 13.5 Å². The van der Waals surface area contributed by atoms with E-state index < -0.39 is 5.82 Å². The Morgan fingerprint density at radius 3 is 2.57 bits per heavy atom. The van der Waals surface area contributed by atoms with Gasteiger partial charge in [-0.2, -0.15) is 0 Å². The zero-order chi connectivity index (χ0) is 19.7. The van der Waals surface area contributed by atoms with Crippen LogP contribution >= 0.6 is 0 Å². The average Bonchev–Trinajstić information content (AvgIpc) is 3.05. The van der Waals surface area contributed by atoms with Gasteiger partial charge in [-0.15, -0.1) is 0 Å². The smallest absolute Gasteiger partial charge is 0.185 e. The molecule has 0 unspecified atom stereocenters. The van der Waals surface area contributed by atoms with Gasteiger partial charge >= 0.3 is 0 Å². The molecule has 28 heavy (non-hydrogen) atoms. The van der Waals surface area contributed by atoms with Crippen molar-refractivity contribution >= 4 is 33.7 Å². The van der Waals surface area contributed by atoms with Gasteiger partial charge in [0, 0.05) is 33.9 Å². The molecule has 0 N–H and O–H groups in total. The molecule has 0 radical (unpaired) electrons. The summed E-state index contributed by atoms with van der Waals surface area (Å²) < 4.78 is 21.0. The fourth-order valence-electron chi connectivity index (χ4n) is 3.60. The number of aryl methyl sites for hydroxylation is 1. The molecule has 140 valence electrons. The highest BCUT2D eigenvalue weighted by Crippen LogP contribution is 2.30. The molecule has 0 saturated heterocycles. The molecule has 1 heterocycles. The third kappa shape index (κ3) is 3.07. The van der Waals surface area contributed by atoms with E-state index in [-0.39, 0.29) is 11.5 Å². The monoisotopic (exact) mass is 373 g/mol. The maximum atomic E-state index is 13.8. The molecule has 4 aromatic rings. The molecule has 4 rings (SSSR count). The van der Waals surface area contributed by atoms with Crippen LogP contribution in [0.1, 0.15) is 22.8 Å². The van der Waals surface area contributed by atoms with Crippen molar-refractivity contribution in [2.24, 2.45) is 0 Å². The maximum Gasteiger partial charge on any atom is 0.185 e. The van der Waals surface area contributed by atoms with Gasteiger partial charge < -0.3 is 9.30 Å². The number of allylic oxidation sites excluding steroid dienone is 1. The maximum absolute atomic E-state index is 13.8. The lowest BCUT2D eigenvalue weighted by Gasteiger charge is -2.03. The third-order valence-electron chi connectivity index (χ3n) is 4.98. The molecule has 4 heteroatoms. The van der Waals surface area contributed by atoms with Crippen LogP contribution in [0.4, 0.5) is 4.39 Å². The molecule has 1 aromatic heterocycles. The van der Waals surface area contributed by atoms with Gasteiger partial charge in [0.25, 0.3) is 0 Å². The number of carbonyl (C=O) groups excluding carboxylic acids is 1. The van der Waals surface area contributed by atoms with Crippen molar-refractivity contribution in [1.82, 2.24) is 4.57 Å². The largest absolute Gasteiger partial charge is 0.494 e. The highest BCUT2D eigenvalue weighted by molar-refractivity contribution is 6.10. The Labute approximate surface area is 162 Å². The molecule has 0 aliphatic rings. The molecule has 0 amide bonds. The third-order valence-corrected chi connectivity index (χ3v) is 4.98. The lowest BCUT2D eigenvalue weighted by molar-refractivity contribution is 0.104. The van der Waals surface area contributed by atoms with Crippen molar-refractivity contribution in [3.63, 3.8) is 0 Å². The molecule has 0 atom stereocenters. The summed E-state index contributed by atoms with van der Waals surface area (Å²) in [6.45, 7) is 3.02. The van der Waals surface area contributed by atoms with Crippen LogP contribution in [0.3, 0.4) is 0 Å². The number of ether oxygens (including phenoxy) is 1. The van der Waals surface area contributed by atoms with Crippen LogP contribution in [0.15, 0.2) is 66.7 Å². The summed E-state index contributed by atoms with van der Waals surface area (Å²) in [6, 6.07) is 18.7. The number of carbonyl (C=O) groups is 1. The van der Waals surface area contributed by atoms with Gasteiger partial charge in [-0.25, -0.2) is 4.39 Å². The van der Waals surface area contributed by atoms with Crippen LogP contribution in [0.25, 0.3) is 27.9 Å². The molecular weight excluding hydrogens is 353 g/mol. The summed E-state index contributed by atoms with van der Waals surface area (Å²) in [6.07, 6.45) is 3.24. The highest BCUT2D eigenvalue weighted by atomic mass is 19.1. The van der Waals surface area contributed by atoms with Gasteiger partial charge in [-0.3, -0.25) is 4.79 Å². The first-order valence-corrected chi connectivity index (χ1v) is 9.19. The van der Waals surface area contributed by atoms with E-state index in [2.05, 4.69) is 35.8 Å². The number of halogens is 1. The Morgan fingerprint density at radius 1 is 1.04 bits per heavy atom. The van der Waals surface area contributed by atoms with Crippen molar-refractivity contribution in [3.05, 3.63) is 83.7 Å². The predicted octanol–water partition coefficient (Wildman–Crippen LogP) is 5.86. The summed E-state index contributed by atoms with van der Waals surface area (Å²) in [5, 5.41) is 2.35. The summed E-state index contributed by atoms with van der Waals surface area (Å²) in [5.74, 6) is -0.675. The van der Waals surface area contributed by atoms with Gasteiger partial charge in [0.2, 0.25) is 0 Å². The predicted molar refractivity (Wildman–Crippen MR) is 111 cm³/mol. The zero-order valence-corrected chi connectivity index (χ0v) is 15.8. The van der Waals surface area contributed by atoms with Crippen LogP contribution in [-0.2, 0) is 6.54 Å². The van der Waals surface area contributed by atoms with Crippen molar-refractivity contribution in [1.29, 1.82) is 0 Å². The number of nitrogens with zero attached hydrogens (tertiary/aromatic N) is 1. The van der Waals surface area contributed by atoms with Crippen molar-refractivity contribution in [2.75, 3.05) is 7.11 Å². The van der Waals surface area contributed by atoms with Crippen molar-refractivity contribution < 1.29 is 13.9 Å². The number of hydrogen-bond acceptors (Lipinski definition) is 2. The van der Waals surface area contributed by atoms with Crippen LogP contribution in [-0.4, -0.2) is 17.5 Å². The van der Waals surface area contributed by atoms with Crippen LogP contribution in [0.2, 0.25) is 0 Å². The minimum Gasteiger partial charge on any atom is -0.494 e. The van der Waals surface area contributed by atoms with Gasteiger partial charge in [0.1, 0.15) is 0 Å². The fraction of sp³-hybridized carbons (Fsp3) is 0.125. The van der Waals surface area contributed by atoms with Crippen LogP contribution in [0, 0.1) is 5.82 Å². The molecule has 0 fully saturated rings. The van der Waals surface area contributed by atoms with E-state index in [1.54, 1.807) is 12.1 Å². The lowest BCUT2D eigenvalue weighted by Crippen LogP contribution is -1.97. The SMILES string of the molecule is CCn1c2ccccc2c2cc(/C=C/C(=O)c3ccc(OC)c(F)c3)ccc21. The standard InChI is InChI=1S/C24H20FNO2/c1-3-26-21-7-5-4-6-18(21)19-14-16(8-11-22(19)26)9-12-23(27)17-10-13-24(28-2)20(25)15-17/h4-15H,3H2,1-2H3/b12-9+. The first kappa shape index (κ1) is 18.0. The van der Waals surface area contributed by atoms with Gasteiger partial charge in [-0.1, -0.05) is 30.3 Å². The second-order valence-electron chi connectivity index (χ2n) is 6.58. The molecular formula is C24H20FNO2. The number of ketones is 1. The number of hydrogen-bond donors (Lipinski definition) is 0. The van der Waals surface area contributed by atoms with E-state index in [0.717, 1.165) is 17.5 Å². The molecule has 0 aliphatic carbocycles. The Kier molecular flexibility index (Phi) is 4.70.